The first-order valence-corrected chi connectivity index (χ1v) is 10.6. The molecule has 1 aliphatic heterocycles. The standard InChI is InChI=1S/C20H20N4O2S/c1-14-2-4-16(5-3-14)19-18(15-6-9-21-10-7-15)12-22-20(24-19)23-17-8-11-27(25,26)13-17/h2-7,9-10,12,17H,8,11,13H2,1H3,(H,22,23,24). The van der Waals surface area contributed by atoms with E-state index >= 15 is 0 Å². The zero-order chi connectivity index (χ0) is 18.9. The summed E-state index contributed by atoms with van der Waals surface area (Å²) in [4.78, 5) is 13.2. The van der Waals surface area contributed by atoms with Crippen LogP contribution in [0.25, 0.3) is 22.4 Å². The average Bonchev–Trinajstić information content (AvgIpc) is 3.01. The number of anilines is 1. The smallest absolute Gasteiger partial charge is 0.223 e. The molecule has 7 heteroatoms. The molecule has 0 amide bonds. The number of nitrogens with zero attached hydrogens (tertiary/aromatic N) is 3. The Morgan fingerprint density at radius 3 is 2.44 bits per heavy atom. The second-order valence-electron chi connectivity index (χ2n) is 6.80. The maximum absolute atomic E-state index is 11.7. The molecular formula is C20H20N4O2S. The number of hydrogen-bond acceptors (Lipinski definition) is 6. The van der Waals surface area contributed by atoms with Crippen molar-refractivity contribution in [2.75, 3.05) is 16.8 Å². The molecule has 0 spiro atoms. The Morgan fingerprint density at radius 1 is 1.04 bits per heavy atom. The van der Waals surface area contributed by atoms with Crippen LogP contribution < -0.4 is 5.32 Å². The lowest BCUT2D eigenvalue weighted by atomic mass is 10.0. The predicted octanol–water partition coefficient (Wildman–Crippen LogP) is 3.11. The Labute approximate surface area is 158 Å². The zero-order valence-corrected chi connectivity index (χ0v) is 15.8. The summed E-state index contributed by atoms with van der Waals surface area (Å²) in [7, 11) is -2.96. The summed E-state index contributed by atoms with van der Waals surface area (Å²) in [5.74, 6) is 0.790. The fraction of sp³-hybridized carbons (Fsp3) is 0.250. The minimum atomic E-state index is -2.96. The predicted molar refractivity (Wildman–Crippen MR) is 106 cm³/mol. The van der Waals surface area contributed by atoms with E-state index in [4.69, 9.17) is 4.98 Å². The highest BCUT2D eigenvalue weighted by atomic mass is 32.2. The fourth-order valence-corrected chi connectivity index (χ4v) is 4.89. The normalized spacial score (nSPS) is 18.3. The van der Waals surface area contributed by atoms with Crippen molar-refractivity contribution >= 4 is 15.8 Å². The number of aromatic nitrogens is 3. The lowest BCUT2D eigenvalue weighted by Gasteiger charge is -2.14. The van der Waals surface area contributed by atoms with Crippen LogP contribution in [0.3, 0.4) is 0 Å². The number of pyridine rings is 1. The van der Waals surface area contributed by atoms with Crippen molar-refractivity contribution in [3.05, 3.63) is 60.6 Å². The van der Waals surface area contributed by atoms with Crippen molar-refractivity contribution in [1.82, 2.24) is 15.0 Å². The van der Waals surface area contributed by atoms with Crippen molar-refractivity contribution in [3.63, 3.8) is 0 Å². The van der Waals surface area contributed by atoms with Crippen molar-refractivity contribution < 1.29 is 8.42 Å². The van der Waals surface area contributed by atoms with Gasteiger partial charge in [-0.25, -0.2) is 18.4 Å². The fourth-order valence-electron chi connectivity index (χ4n) is 3.22. The summed E-state index contributed by atoms with van der Waals surface area (Å²) < 4.78 is 23.4. The van der Waals surface area contributed by atoms with Gasteiger partial charge in [-0.2, -0.15) is 0 Å². The molecule has 3 aromatic rings. The Balaban J connectivity index is 1.73. The monoisotopic (exact) mass is 380 g/mol. The summed E-state index contributed by atoms with van der Waals surface area (Å²) in [5, 5.41) is 3.18. The van der Waals surface area contributed by atoms with Crippen molar-refractivity contribution in [2.24, 2.45) is 0 Å². The zero-order valence-electron chi connectivity index (χ0n) is 15.0. The molecule has 6 nitrogen and oxygen atoms in total. The summed E-state index contributed by atoms with van der Waals surface area (Å²) >= 11 is 0. The summed E-state index contributed by atoms with van der Waals surface area (Å²) in [6, 6.07) is 11.9. The lowest BCUT2D eigenvalue weighted by molar-refractivity contribution is 0.602. The van der Waals surface area contributed by atoms with E-state index in [2.05, 4.69) is 15.3 Å². The molecule has 138 valence electrons. The number of benzene rings is 1. The van der Waals surface area contributed by atoms with E-state index in [0.29, 0.717) is 12.4 Å². The van der Waals surface area contributed by atoms with E-state index in [1.165, 1.54) is 5.56 Å². The second kappa shape index (κ2) is 7.08. The van der Waals surface area contributed by atoms with Crippen LogP contribution in [-0.2, 0) is 9.84 Å². The second-order valence-corrected chi connectivity index (χ2v) is 9.03. The van der Waals surface area contributed by atoms with Gasteiger partial charge in [-0.3, -0.25) is 4.98 Å². The van der Waals surface area contributed by atoms with Crippen molar-refractivity contribution in [2.45, 2.75) is 19.4 Å². The van der Waals surface area contributed by atoms with Gasteiger partial charge >= 0.3 is 0 Å². The minimum absolute atomic E-state index is 0.127. The topological polar surface area (TPSA) is 84.8 Å². The molecule has 4 rings (SSSR count). The Morgan fingerprint density at radius 2 is 1.78 bits per heavy atom. The van der Waals surface area contributed by atoms with Crippen LogP contribution in [0.5, 0.6) is 0 Å². The van der Waals surface area contributed by atoms with Crippen LogP contribution in [0.15, 0.2) is 55.0 Å². The van der Waals surface area contributed by atoms with Crippen LogP contribution in [0.2, 0.25) is 0 Å². The van der Waals surface area contributed by atoms with Gasteiger partial charge in [0.25, 0.3) is 0 Å². The molecule has 3 heterocycles. The van der Waals surface area contributed by atoms with Gasteiger partial charge in [-0.15, -0.1) is 0 Å². The highest BCUT2D eigenvalue weighted by molar-refractivity contribution is 7.91. The Kier molecular flexibility index (Phi) is 4.61. The van der Waals surface area contributed by atoms with E-state index in [-0.39, 0.29) is 17.5 Å². The van der Waals surface area contributed by atoms with E-state index in [1.807, 2.05) is 43.3 Å². The van der Waals surface area contributed by atoms with Gasteiger partial charge in [0.2, 0.25) is 5.95 Å². The third kappa shape index (κ3) is 3.98. The molecule has 0 bridgehead atoms. The van der Waals surface area contributed by atoms with E-state index in [0.717, 1.165) is 22.4 Å². The quantitative estimate of drug-likeness (QED) is 0.749. The molecule has 27 heavy (non-hydrogen) atoms. The van der Waals surface area contributed by atoms with Crippen LogP contribution in [0.1, 0.15) is 12.0 Å². The number of nitrogens with one attached hydrogen (secondary N) is 1. The molecule has 0 radical (unpaired) electrons. The summed E-state index contributed by atoms with van der Waals surface area (Å²) in [6.45, 7) is 2.04. The first-order chi connectivity index (χ1) is 13.0. The molecule has 1 atom stereocenters. The van der Waals surface area contributed by atoms with E-state index in [1.54, 1.807) is 18.6 Å². The number of hydrogen-bond donors (Lipinski definition) is 1. The average molecular weight is 380 g/mol. The lowest BCUT2D eigenvalue weighted by Crippen LogP contribution is -2.22. The van der Waals surface area contributed by atoms with Crippen LogP contribution in [0.4, 0.5) is 5.95 Å². The third-order valence-corrected chi connectivity index (χ3v) is 6.44. The van der Waals surface area contributed by atoms with Gasteiger partial charge in [-0.1, -0.05) is 29.8 Å². The van der Waals surface area contributed by atoms with E-state index < -0.39 is 9.84 Å². The summed E-state index contributed by atoms with van der Waals surface area (Å²) in [5.41, 5.74) is 4.85. The largest absolute Gasteiger partial charge is 0.350 e. The SMILES string of the molecule is Cc1ccc(-c2nc(NC3CCS(=O)(=O)C3)ncc2-c2ccncc2)cc1. The highest BCUT2D eigenvalue weighted by Crippen LogP contribution is 2.31. The first-order valence-electron chi connectivity index (χ1n) is 8.82. The molecule has 0 aliphatic carbocycles. The maximum atomic E-state index is 11.7. The maximum Gasteiger partial charge on any atom is 0.223 e. The number of sulfone groups is 1. The Bertz CT molecular complexity index is 1050. The molecule has 1 N–H and O–H groups in total. The Hall–Kier alpha value is -2.80. The van der Waals surface area contributed by atoms with Gasteiger partial charge in [0.15, 0.2) is 9.84 Å². The van der Waals surface area contributed by atoms with E-state index in [9.17, 15) is 8.42 Å². The van der Waals surface area contributed by atoms with Crippen LogP contribution in [-0.4, -0.2) is 40.9 Å². The molecular weight excluding hydrogens is 360 g/mol. The van der Waals surface area contributed by atoms with Gasteiger partial charge in [-0.05, 0) is 31.0 Å². The number of aryl methyl sites for hydroxylation is 1. The molecule has 1 saturated heterocycles. The molecule has 1 aliphatic rings. The molecule has 1 unspecified atom stereocenters. The highest BCUT2D eigenvalue weighted by Gasteiger charge is 2.28. The molecule has 1 aromatic carbocycles. The van der Waals surface area contributed by atoms with Crippen LogP contribution >= 0.6 is 0 Å². The van der Waals surface area contributed by atoms with Gasteiger partial charge in [0.1, 0.15) is 0 Å². The van der Waals surface area contributed by atoms with Crippen molar-refractivity contribution in [1.29, 1.82) is 0 Å². The van der Waals surface area contributed by atoms with Gasteiger partial charge < -0.3 is 5.32 Å². The van der Waals surface area contributed by atoms with Gasteiger partial charge in [0.05, 0.1) is 17.2 Å². The molecule has 2 aromatic heterocycles. The summed E-state index contributed by atoms with van der Waals surface area (Å²) in [6.07, 6.45) is 5.84. The minimum Gasteiger partial charge on any atom is -0.350 e. The third-order valence-electron chi connectivity index (χ3n) is 4.67. The van der Waals surface area contributed by atoms with Gasteiger partial charge in [0, 0.05) is 35.8 Å². The van der Waals surface area contributed by atoms with Crippen LogP contribution in [0, 0.1) is 6.92 Å². The van der Waals surface area contributed by atoms with Crippen molar-refractivity contribution in [3.8, 4) is 22.4 Å². The first kappa shape index (κ1) is 17.6. The molecule has 1 fully saturated rings. The molecule has 0 saturated carbocycles. The number of rotatable bonds is 4.